The molecule has 0 aromatic heterocycles. The van der Waals surface area contributed by atoms with Crippen LogP contribution >= 0.6 is 0 Å². The fraction of sp³-hybridized carbons (Fsp3) is 0.438. The van der Waals surface area contributed by atoms with Gasteiger partial charge in [-0.15, -0.1) is 0 Å². The molecule has 0 unspecified atom stereocenters. The smallest absolute Gasteiger partial charge is 0.303 e. The Kier molecular flexibility index (Phi) is 5.52. The van der Waals surface area contributed by atoms with Crippen LogP contribution < -0.4 is 5.32 Å². The van der Waals surface area contributed by atoms with Crippen LogP contribution in [0.25, 0.3) is 0 Å². The number of hydrogen-bond acceptors (Lipinski definition) is 3. The highest BCUT2D eigenvalue weighted by Gasteiger charge is 2.24. The first-order valence-corrected chi connectivity index (χ1v) is 7.39. The summed E-state index contributed by atoms with van der Waals surface area (Å²) in [6.45, 7) is 1.08. The Balaban J connectivity index is 1.74. The molecule has 1 fully saturated rings. The van der Waals surface area contributed by atoms with Crippen LogP contribution in [0, 0.1) is 5.92 Å². The minimum atomic E-state index is -0.792. The number of likely N-dealkylation sites (tertiary alicyclic amines) is 1. The number of hydrogen-bond donors (Lipinski definition) is 2. The number of rotatable bonds is 5. The summed E-state index contributed by atoms with van der Waals surface area (Å²) in [5.41, 5.74) is 0.524. The monoisotopic (exact) mass is 304 g/mol. The molecule has 1 aliphatic rings. The zero-order valence-corrected chi connectivity index (χ0v) is 12.3. The van der Waals surface area contributed by atoms with Crippen molar-refractivity contribution in [1.82, 2.24) is 10.2 Å². The Morgan fingerprint density at radius 3 is 2.36 bits per heavy atom. The third-order valence-electron chi connectivity index (χ3n) is 3.87. The number of carbonyl (C=O) groups excluding carboxylic acids is 2. The number of nitrogens with zero attached hydrogens (tertiary/aromatic N) is 1. The van der Waals surface area contributed by atoms with Crippen LogP contribution in [0.4, 0.5) is 0 Å². The first-order valence-electron chi connectivity index (χ1n) is 7.39. The van der Waals surface area contributed by atoms with E-state index in [1.807, 2.05) is 6.07 Å². The second-order valence-corrected chi connectivity index (χ2v) is 5.47. The van der Waals surface area contributed by atoms with E-state index < -0.39 is 5.97 Å². The van der Waals surface area contributed by atoms with Gasteiger partial charge in [0.25, 0.3) is 5.91 Å². The van der Waals surface area contributed by atoms with E-state index >= 15 is 0 Å². The van der Waals surface area contributed by atoms with E-state index in [-0.39, 0.29) is 30.7 Å². The summed E-state index contributed by atoms with van der Waals surface area (Å²) < 4.78 is 0. The molecule has 2 N–H and O–H groups in total. The van der Waals surface area contributed by atoms with E-state index in [0.717, 1.165) is 0 Å². The quantitative estimate of drug-likeness (QED) is 0.853. The molecule has 0 spiro atoms. The van der Waals surface area contributed by atoms with Gasteiger partial charge in [-0.3, -0.25) is 14.4 Å². The molecular weight excluding hydrogens is 284 g/mol. The number of carbonyl (C=O) groups is 3. The lowest BCUT2D eigenvalue weighted by Crippen LogP contribution is -2.44. The molecular formula is C16H20N2O4. The lowest BCUT2D eigenvalue weighted by atomic mass is 9.93. The maximum absolute atomic E-state index is 12.1. The van der Waals surface area contributed by atoms with E-state index in [2.05, 4.69) is 5.32 Å². The normalized spacial score (nSPS) is 15.4. The van der Waals surface area contributed by atoms with Gasteiger partial charge < -0.3 is 15.3 Å². The first-order chi connectivity index (χ1) is 10.6. The molecule has 0 atom stereocenters. The first kappa shape index (κ1) is 16.0. The molecule has 1 saturated heterocycles. The number of benzene rings is 1. The van der Waals surface area contributed by atoms with Gasteiger partial charge in [-0.2, -0.15) is 0 Å². The van der Waals surface area contributed by atoms with E-state index in [1.165, 1.54) is 0 Å². The van der Waals surface area contributed by atoms with Gasteiger partial charge >= 0.3 is 5.97 Å². The van der Waals surface area contributed by atoms with E-state index in [4.69, 9.17) is 5.11 Å². The number of carboxylic acids is 1. The van der Waals surface area contributed by atoms with E-state index in [0.29, 0.717) is 31.5 Å². The molecule has 118 valence electrons. The highest BCUT2D eigenvalue weighted by atomic mass is 16.4. The van der Waals surface area contributed by atoms with Crippen LogP contribution in [0.2, 0.25) is 0 Å². The lowest BCUT2D eigenvalue weighted by molar-refractivity contribution is -0.138. The Morgan fingerprint density at radius 1 is 1.14 bits per heavy atom. The molecule has 6 heteroatoms. The highest BCUT2D eigenvalue weighted by Crippen LogP contribution is 2.20. The van der Waals surface area contributed by atoms with Crippen molar-refractivity contribution < 1.29 is 19.5 Å². The van der Waals surface area contributed by atoms with Crippen LogP contribution in [0.15, 0.2) is 30.3 Å². The van der Waals surface area contributed by atoms with Crippen molar-refractivity contribution in [3.63, 3.8) is 0 Å². The zero-order valence-electron chi connectivity index (χ0n) is 12.3. The van der Waals surface area contributed by atoms with Crippen molar-refractivity contribution in [2.75, 3.05) is 19.6 Å². The Hall–Kier alpha value is -2.37. The summed E-state index contributed by atoms with van der Waals surface area (Å²) in [4.78, 5) is 36.3. The Bertz CT molecular complexity index is 536. The molecule has 1 heterocycles. The summed E-state index contributed by atoms with van der Waals surface area (Å²) in [6, 6.07) is 8.74. The minimum Gasteiger partial charge on any atom is -0.481 e. The number of carboxylic acid groups (broad SMARTS) is 1. The number of piperidine rings is 1. The van der Waals surface area contributed by atoms with Gasteiger partial charge in [-0.05, 0) is 30.9 Å². The highest BCUT2D eigenvalue weighted by molar-refractivity contribution is 5.96. The minimum absolute atomic E-state index is 0.0304. The predicted molar refractivity (Wildman–Crippen MR) is 80.3 cm³/mol. The van der Waals surface area contributed by atoms with Crippen LogP contribution in [0.5, 0.6) is 0 Å². The summed E-state index contributed by atoms with van der Waals surface area (Å²) in [6.07, 6.45) is 1.56. The Labute approximate surface area is 129 Å². The summed E-state index contributed by atoms with van der Waals surface area (Å²) in [5.74, 6) is -1.05. The third kappa shape index (κ3) is 4.58. The molecule has 0 aliphatic carbocycles. The predicted octanol–water partition coefficient (Wildman–Crippen LogP) is 1.13. The molecule has 1 aromatic rings. The van der Waals surface area contributed by atoms with Gasteiger partial charge in [0.1, 0.15) is 0 Å². The van der Waals surface area contributed by atoms with E-state index in [9.17, 15) is 14.4 Å². The molecule has 0 radical (unpaired) electrons. The van der Waals surface area contributed by atoms with Gasteiger partial charge in [0.2, 0.25) is 5.91 Å². The number of amides is 2. The van der Waals surface area contributed by atoms with Crippen molar-refractivity contribution in [1.29, 1.82) is 0 Å². The van der Waals surface area contributed by atoms with Gasteiger partial charge in [0, 0.05) is 25.1 Å². The zero-order chi connectivity index (χ0) is 15.9. The average molecular weight is 304 g/mol. The molecule has 6 nitrogen and oxygen atoms in total. The third-order valence-corrected chi connectivity index (χ3v) is 3.87. The average Bonchev–Trinajstić information content (AvgIpc) is 2.53. The number of nitrogens with one attached hydrogen (secondary N) is 1. The van der Waals surface area contributed by atoms with Crippen molar-refractivity contribution in [2.45, 2.75) is 19.3 Å². The second kappa shape index (κ2) is 7.59. The topological polar surface area (TPSA) is 86.7 Å². The maximum Gasteiger partial charge on any atom is 0.303 e. The standard InChI is InChI=1S/C16H20N2O4/c19-14(11-17-16(22)13-4-2-1-3-5-13)18-8-6-12(7-9-18)10-15(20)21/h1-5,12H,6-11H2,(H,17,22)(H,20,21). The summed E-state index contributed by atoms with van der Waals surface area (Å²) in [7, 11) is 0. The van der Waals surface area contributed by atoms with Crippen molar-refractivity contribution in [2.24, 2.45) is 5.92 Å². The van der Waals surface area contributed by atoms with Crippen LogP contribution in [-0.4, -0.2) is 47.4 Å². The van der Waals surface area contributed by atoms with E-state index in [1.54, 1.807) is 29.2 Å². The fourth-order valence-electron chi connectivity index (χ4n) is 2.59. The van der Waals surface area contributed by atoms with Crippen molar-refractivity contribution >= 4 is 17.8 Å². The molecule has 1 aromatic carbocycles. The van der Waals surface area contributed by atoms with Gasteiger partial charge in [0.15, 0.2) is 0 Å². The summed E-state index contributed by atoms with van der Waals surface area (Å²) in [5, 5.41) is 11.4. The SMILES string of the molecule is O=C(O)CC1CCN(C(=O)CNC(=O)c2ccccc2)CC1. The van der Waals surface area contributed by atoms with Gasteiger partial charge in [-0.1, -0.05) is 18.2 Å². The van der Waals surface area contributed by atoms with Crippen LogP contribution in [0.3, 0.4) is 0 Å². The molecule has 2 amide bonds. The molecule has 22 heavy (non-hydrogen) atoms. The maximum atomic E-state index is 12.1. The summed E-state index contributed by atoms with van der Waals surface area (Å²) >= 11 is 0. The van der Waals surface area contributed by atoms with Crippen molar-refractivity contribution in [3.8, 4) is 0 Å². The van der Waals surface area contributed by atoms with Gasteiger partial charge in [-0.25, -0.2) is 0 Å². The van der Waals surface area contributed by atoms with Crippen LogP contribution in [-0.2, 0) is 9.59 Å². The second-order valence-electron chi connectivity index (χ2n) is 5.47. The number of aliphatic carboxylic acids is 1. The molecule has 0 saturated carbocycles. The molecule has 2 rings (SSSR count). The Morgan fingerprint density at radius 2 is 1.77 bits per heavy atom. The largest absolute Gasteiger partial charge is 0.481 e. The van der Waals surface area contributed by atoms with Crippen LogP contribution in [0.1, 0.15) is 29.6 Å². The van der Waals surface area contributed by atoms with Gasteiger partial charge in [0.05, 0.1) is 6.54 Å². The molecule has 1 aliphatic heterocycles. The lowest BCUT2D eigenvalue weighted by Gasteiger charge is -2.31. The molecule has 0 bridgehead atoms. The van der Waals surface area contributed by atoms with Crippen molar-refractivity contribution in [3.05, 3.63) is 35.9 Å². The fourth-order valence-corrected chi connectivity index (χ4v) is 2.59.